The van der Waals surface area contributed by atoms with Gasteiger partial charge in [0.05, 0.1) is 12.7 Å². The summed E-state index contributed by atoms with van der Waals surface area (Å²) < 4.78 is 11.7. The molecule has 0 saturated heterocycles. The summed E-state index contributed by atoms with van der Waals surface area (Å²) in [7, 11) is -0.694. The highest BCUT2D eigenvalue weighted by Gasteiger charge is 2.53. The second-order valence-corrected chi connectivity index (χ2v) is 18.0. The Kier molecular flexibility index (Phi) is 6.54. The third-order valence-corrected chi connectivity index (χ3v) is 13.9. The lowest BCUT2D eigenvalue weighted by molar-refractivity contribution is -0.00588. The predicted molar refractivity (Wildman–Crippen MR) is 150 cm³/mol. The summed E-state index contributed by atoms with van der Waals surface area (Å²) in [5, 5.41) is 3.11. The van der Waals surface area contributed by atoms with Crippen LogP contribution in [0.25, 0.3) is 0 Å². The van der Waals surface area contributed by atoms with Crippen LogP contribution in [-0.4, -0.2) is 27.3 Å². The van der Waals surface area contributed by atoms with E-state index in [1.165, 1.54) is 51.2 Å². The van der Waals surface area contributed by atoms with E-state index in [0.717, 1.165) is 23.5 Å². The molecule has 0 heterocycles. The summed E-state index contributed by atoms with van der Waals surface area (Å²) in [5.41, 5.74) is 3.13. The van der Waals surface area contributed by atoms with Gasteiger partial charge in [0.2, 0.25) is 8.32 Å². The lowest BCUT2D eigenvalue weighted by atomic mass is 9.48. The Labute approximate surface area is 222 Å². The molecule has 4 fully saturated rings. The van der Waals surface area contributed by atoms with Crippen molar-refractivity contribution in [3.63, 3.8) is 0 Å². The van der Waals surface area contributed by atoms with Gasteiger partial charge in [0.25, 0.3) is 5.91 Å². The normalized spacial score (nSPS) is 26.6. The van der Waals surface area contributed by atoms with Crippen molar-refractivity contribution >= 4 is 25.9 Å². The molecule has 4 aliphatic rings. The molecule has 1 amide bonds. The van der Waals surface area contributed by atoms with Gasteiger partial charge in [0.1, 0.15) is 5.75 Å². The van der Waals surface area contributed by atoms with Crippen LogP contribution in [-0.2, 0) is 10.2 Å². The number of ether oxygens (including phenoxy) is 1. The molecule has 0 atom stereocenters. The lowest BCUT2D eigenvalue weighted by Gasteiger charge is -2.57. The molecule has 0 radical (unpaired) electrons. The highest BCUT2D eigenvalue weighted by Crippen LogP contribution is 2.62. The number of nitrogens with one attached hydrogen (secondary N) is 1. The maximum Gasteiger partial charge on any atom is 0.337 e. The van der Waals surface area contributed by atoms with Crippen molar-refractivity contribution in [2.75, 3.05) is 12.4 Å². The second-order valence-electron chi connectivity index (χ2n) is 13.3. The molecule has 4 bridgehead atoms. The van der Waals surface area contributed by atoms with Gasteiger partial charge in [-0.25, -0.2) is 4.79 Å². The van der Waals surface area contributed by atoms with Crippen LogP contribution in [0.15, 0.2) is 42.5 Å². The number of rotatable bonds is 6. The molecule has 4 saturated carbocycles. The van der Waals surface area contributed by atoms with E-state index in [1.54, 1.807) is 24.3 Å². The molecular formula is C31H41NO4Si. The maximum absolute atomic E-state index is 13.4. The van der Waals surface area contributed by atoms with Crippen molar-refractivity contribution < 1.29 is 18.8 Å². The summed E-state index contributed by atoms with van der Waals surface area (Å²) in [6.45, 7) is 11.4. The van der Waals surface area contributed by atoms with Gasteiger partial charge in [0.15, 0.2) is 0 Å². The molecule has 0 unspecified atom stereocenters. The number of esters is 1. The van der Waals surface area contributed by atoms with Gasteiger partial charge in [-0.3, -0.25) is 4.79 Å². The Hall–Kier alpha value is -2.60. The van der Waals surface area contributed by atoms with Crippen molar-refractivity contribution in [3.05, 3.63) is 59.2 Å². The molecule has 0 aromatic heterocycles. The predicted octanol–water partition coefficient (Wildman–Crippen LogP) is 7.58. The Morgan fingerprint density at radius 3 is 1.95 bits per heavy atom. The van der Waals surface area contributed by atoms with E-state index in [-0.39, 0.29) is 16.4 Å². The standard InChI is InChI=1S/C31H41NO4Si/c1-30(2,3)37(5,6)36-27-12-9-24(28(33)32-25-10-7-23(8-11-25)29(34)35-4)16-26(27)31-17-20-13-21(18-31)15-22(14-20)19-31/h7-12,16,20-22H,13-15,17-19H2,1-6H3,(H,32,33). The van der Waals surface area contributed by atoms with Crippen molar-refractivity contribution in [2.45, 2.75) is 82.8 Å². The maximum atomic E-state index is 13.4. The molecule has 4 aliphatic carbocycles. The van der Waals surface area contributed by atoms with Crippen molar-refractivity contribution in [1.82, 2.24) is 0 Å². The first-order valence-electron chi connectivity index (χ1n) is 13.7. The topological polar surface area (TPSA) is 64.6 Å². The average molecular weight is 520 g/mol. The Morgan fingerprint density at radius 1 is 0.892 bits per heavy atom. The van der Waals surface area contributed by atoms with Gasteiger partial charge >= 0.3 is 5.97 Å². The SMILES string of the molecule is COC(=O)c1ccc(NC(=O)c2ccc(O[Si](C)(C)C(C)(C)C)c(C34CC5CC(CC(C5)C3)C4)c2)cc1. The molecule has 6 heteroatoms. The largest absolute Gasteiger partial charge is 0.543 e. The van der Waals surface area contributed by atoms with E-state index in [0.29, 0.717) is 16.8 Å². The van der Waals surface area contributed by atoms with E-state index < -0.39 is 14.3 Å². The zero-order chi connectivity index (χ0) is 26.6. The monoisotopic (exact) mass is 519 g/mol. The molecule has 5 nitrogen and oxygen atoms in total. The lowest BCUT2D eigenvalue weighted by Crippen LogP contribution is -2.49. The fraction of sp³-hybridized carbons (Fsp3) is 0.548. The van der Waals surface area contributed by atoms with Crippen molar-refractivity contribution in [3.8, 4) is 5.75 Å². The van der Waals surface area contributed by atoms with E-state index >= 15 is 0 Å². The van der Waals surface area contributed by atoms with E-state index in [2.05, 4.69) is 51.3 Å². The third-order valence-electron chi connectivity index (χ3n) is 9.59. The minimum Gasteiger partial charge on any atom is -0.543 e. The van der Waals surface area contributed by atoms with Crippen molar-refractivity contribution in [2.24, 2.45) is 17.8 Å². The molecule has 2 aromatic carbocycles. The summed E-state index contributed by atoms with van der Waals surface area (Å²) in [6, 6.07) is 12.9. The number of benzene rings is 2. The number of carbonyl (C=O) groups is 2. The van der Waals surface area contributed by atoms with E-state index in [9.17, 15) is 9.59 Å². The molecule has 2 aromatic rings. The number of hydrogen-bond acceptors (Lipinski definition) is 4. The average Bonchev–Trinajstić information content (AvgIpc) is 2.82. The van der Waals surface area contributed by atoms with Gasteiger partial charge in [0, 0.05) is 11.3 Å². The fourth-order valence-corrected chi connectivity index (χ4v) is 8.09. The number of amides is 1. The summed E-state index contributed by atoms with van der Waals surface area (Å²) in [4.78, 5) is 25.1. The number of anilines is 1. The molecule has 37 heavy (non-hydrogen) atoms. The van der Waals surface area contributed by atoms with Crippen LogP contribution >= 0.6 is 0 Å². The molecule has 6 rings (SSSR count). The minimum atomic E-state index is -2.05. The molecule has 198 valence electrons. The molecular weight excluding hydrogens is 478 g/mol. The molecule has 0 aliphatic heterocycles. The summed E-state index contributed by atoms with van der Waals surface area (Å²) >= 11 is 0. The first-order valence-corrected chi connectivity index (χ1v) is 16.6. The highest BCUT2D eigenvalue weighted by molar-refractivity contribution is 6.74. The Morgan fingerprint density at radius 2 is 1.43 bits per heavy atom. The number of hydrogen-bond donors (Lipinski definition) is 1. The first kappa shape index (κ1) is 26.0. The number of methoxy groups -OCH3 is 1. The fourth-order valence-electron chi connectivity index (χ4n) is 7.05. The van der Waals surface area contributed by atoms with E-state index in [4.69, 9.17) is 9.16 Å². The summed E-state index contributed by atoms with van der Waals surface area (Å²) in [6.07, 6.45) is 7.77. The van der Waals surface area contributed by atoms with Crippen LogP contribution < -0.4 is 9.74 Å². The third kappa shape index (κ3) is 4.97. The van der Waals surface area contributed by atoms with Crippen LogP contribution in [0.4, 0.5) is 5.69 Å². The first-order chi connectivity index (χ1) is 17.4. The quantitative estimate of drug-likeness (QED) is 0.316. The van der Waals surface area contributed by atoms with Gasteiger partial charge in [-0.1, -0.05) is 20.8 Å². The molecule has 0 spiro atoms. The van der Waals surface area contributed by atoms with Crippen LogP contribution in [0, 0.1) is 17.8 Å². The highest BCUT2D eigenvalue weighted by atomic mass is 28.4. The van der Waals surface area contributed by atoms with Gasteiger partial charge in [-0.2, -0.15) is 0 Å². The second kappa shape index (κ2) is 9.30. The van der Waals surface area contributed by atoms with Gasteiger partial charge < -0.3 is 14.5 Å². The zero-order valence-corrected chi connectivity index (χ0v) is 24.1. The Balaban J connectivity index is 1.48. The van der Waals surface area contributed by atoms with Crippen LogP contribution in [0.2, 0.25) is 18.1 Å². The number of carbonyl (C=O) groups excluding carboxylic acids is 2. The summed E-state index contributed by atoms with van der Waals surface area (Å²) in [5.74, 6) is 2.87. The van der Waals surface area contributed by atoms with Crippen molar-refractivity contribution in [1.29, 1.82) is 0 Å². The smallest absolute Gasteiger partial charge is 0.337 e. The zero-order valence-electron chi connectivity index (χ0n) is 23.1. The minimum absolute atomic E-state index is 0.0954. The van der Waals surface area contributed by atoms with Crippen LogP contribution in [0.3, 0.4) is 0 Å². The Bertz CT molecular complexity index is 1160. The van der Waals surface area contributed by atoms with Crippen LogP contribution in [0.1, 0.15) is 85.6 Å². The van der Waals surface area contributed by atoms with Gasteiger partial charge in [-0.05, 0) is 128 Å². The molecule has 1 N–H and O–H groups in total. The van der Waals surface area contributed by atoms with Gasteiger partial charge in [-0.15, -0.1) is 0 Å². The van der Waals surface area contributed by atoms with Crippen LogP contribution in [0.5, 0.6) is 5.75 Å². The van der Waals surface area contributed by atoms with E-state index in [1.807, 2.05) is 6.07 Å².